The van der Waals surface area contributed by atoms with Crippen LogP contribution >= 0.6 is 0 Å². The molecule has 112 valence electrons. The molecule has 21 heavy (non-hydrogen) atoms. The monoisotopic (exact) mass is 286 g/mol. The molecule has 6 nitrogen and oxygen atoms in total. The van der Waals surface area contributed by atoms with Crippen LogP contribution in [0.4, 0.5) is 11.8 Å². The number of hydrogen-bond acceptors (Lipinski definition) is 5. The fraction of sp³-hybridized carbons (Fsp3) is 0.533. The zero-order valence-corrected chi connectivity index (χ0v) is 13.1. The number of anilines is 2. The van der Waals surface area contributed by atoms with Crippen LogP contribution in [0.2, 0.25) is 0 Å². The first-order valence-electron chi connectivity index (χ1n) is 7.33. The summed E-state index contributed by atoms with van der Waals surface area (Å²) in [7, 11) is 5.97. The lowest BCUT2D eigenvalue weighted by molar-refractivity contribution is 0.697. The van der Waals surface area contributed by atoms with E-state index < -0.39 is 0 Å². The predicted octanol–water partition coefficient (Wildman–Crippen LogP) is 1.93. The highest BCUT2D eigenvalue weighted by molar-refractivity contribution is 5.46. The van der Waals surface area contributed by atoms with Gasteiger partial charge in [-0.05, 0) is 19.8 Å². The fourth-order valence-electron chi connectivity index (χ4n) is 2.86. The van der Waals surface area contributed by atoms with Crippen molar-refractivity contribution in [3.05, 3.63) is 29.7 Å². The van der Waals surface area contributed by atoms with Gasteiger partial charge in [0.1, 0.15) is 5.82 Å². The standard InChI is InChI=1S/C15H22N6/c1-11-8-14(19(2)3)18-15(17-11)21-7-5-6-13(21)12-9-16-20(4)10-12/h8-10,13H,5-7H2,1-4H3/t13-/m0/s1. The molecule has 2 aromatic rings. The highest BCUT2D eigenvalue weighted by Gasteiger charge is 2.29. The summed E-state index contributed by atoms with van der Waals surface area (Å²) in [4.78, 5) is 13.7. The maximum absolute atomic E-state index is 4.71. The van der Waals surface area contributed by atoms with E-state index in [-0.39, 0.29) is 0 Å². The molecule has 2 aromatic heterocycles. The van der Waals surface area contributed by atoms with Crippen molar-refractivity contribution in [3.8, 4) is 0 Å². The molecule has 0 amide bonds. The number of hydrogen-bond donors (Lipinski definition) is 0. The first-order valence-corrected chi connectivity index (χ1v) is 7.33. The average Bonchev–Trinajstić information content (AvgIpc) is 3.06. The molecule has 0 aliphatic carbocycles. The summed E-state index contributed by atoms with van der Waals surface area (Å²) in [5.74, 6) is 1.78. The summed E-state index contributed by atoms with van der Waals surface area (Å²) in [5.41, 5.74) is 2.24. The summed E-state index contributed by atoms with van der Waals surface area (Å²) in [6, 6.07) is 2.34. The Hall–Kier alpha value is -2.11. The van der Waals surface area contributed by atoms with E-state index in [2.05, 4.69) is 21.2 Å². The predicted molar refractivity (Wildman–Crippen MR) is 83.6 cm³/mol. The van der Waals surface area contributed by atoms with Gasteiger partial charge in [0, 0.05) is 51.2 Å². The Balaban J connectivity index is 1.95. The van der Waals surface area contributed by atoms with E-state index in [1.807, 2.05) is 49.9 Å². The highest BCUT2D eigenvalue weighted by atomic mass is 15.3. The molecular formula is C15H22N6. The third kappa shape index (κ3) is 2.70. The van der Waals surface area contributed by atoms with Crippen molar-refractivity contribution in [1.29, 1.82) is 0 Å². The number of rotatable bonds is 3. The van der Waals surface area contributed by atoms with Gasteiger partial charge in [-0.3, -0.25) is 4.68 Å². The van der Waals surface area contributed by atoms with E-state index in [1.165, 1.54) is 5.56 Å². The third-order valence-corrected chi connectivity index (χ3v) is 3.91. The van der Waals surface area contributed by atoms with Gasteiger partial charge in [-0.2, -0.15) is 10.1 Å². The largest absolute Gasteiger partial charge is 0.363 e. The second-order valence-corrected chi connectivity index (χ2v) is 5.86. The normalized spacial score (nSPS) is 18.3. The van der Waals surface area contributed by atoms with E-state index in [0.717, 1.165) is 36.8 Å². The van der Waals surface area contributed by atoms with Crippen molar-refractivity contribution in [2.45, 2.75) is 25.8 Å². The van der Waals surface area contributed by atoms with Gasteiger partial charge in [0.05, 0.1) is 12.2 Å². The van der Waals surface area contributed by atoms with Gasteiger partial charge < -0.3 is 9.80 Å². The average molecular weight is 286 g/mol. The lowest BCUT2D eigenvalue weighted by atomic mass is 10.1. The molecular weight excluding hydrogens is 264 g/mol. The third-order valence-electron chi connectivity index (χ3n) is 3.91. The van der Waals surface area contributed by atoms with Gasteiger partial charge in [0.2, 0.25) is 5.95 Å². The molecule has 0 spiro atoms. The molecule has 1 fully saturated rings. The van der Waals surface area contributed by atoms with Crippen LogP contribution in [0.3, 0.4) is 0 Å². The van der Waals surface area contributed by atoms with E-state index in [0.29, 0.717) is 6.04 Å². The van der Waals surface area contributed by atoms with Crippen LogP contribution in [-0.2, 0) is 7.05 Å². The van der Waals surface area contributed by atoms with Gasteiger partial charge in [0.25, 0.3) is 0 Å². The summed E-state index contributed by atoms with van der Waals surface area (Å²) >= 11 is 0. The van der Waals surface area contributed by atoms with Crippen LogP contribution in [0.15, 0.2) is 18.5 Å². The Morgan fingerprint density at radius 2 is 2.10 bits per heavy atom. The van der Waals surface area contributed by atoms with E-state index in [1.54, 1.807) is 0 Å². The maximum atomic E-state index is 4.71. The van der Waals surface area contributed by atoms with Crippen molar-refractivity contribution in [2.75, 3.05) is 30.4 Å². The first kappa shape index (κ1) is 13.9. The van der Waals surface area contributed by atoms with Gasteiger partial charge in [0.15, 0.2) is 0 Å². The molecule has 1 aliphatic heterocycles. The minimum absolute atomic E-state index is 0.329. The van der Waals surface area contributed by atoms with Gasteiger partial charge >= 0.3 is 0 Å². The summed E-state index contributed by atoms with van der Waals surface area (Å²) < 4.78 is 1.86. The van der Waals surface area contributed by atoms with Crippen LogP contribution in [0.1, 0.15) is 30.1 Å². The number of aromatic nitrogens is 4. The van der Waals surface area contributed by atoms with Crippen LogP contribution in [0.5, 0.6) is 0 Å². The Labute approximate surface area is 125 Å². The number of nitrogens with zero attached hydrogens (tertiary/aromatic N) is 6. The summed E-state index contributed by atoms with van der Waals surface area (Å²) in [5, 5.41) is 4.29. The molecule has 0 saturated carbocycles. The first-order chi connectivity index (χ1) is 10.0. The molecule has 0 N–H and O–H groups in total. The van der Waals surface area contributed by atoms with Crippen molar-refractivity contribution in [3.63, 3.8) is 0 Å². The summed E-state index contributed by atoms with van der Waals surface area (Å²) in [6.07, 6.45) is 6.33. The molecule has 0 radical (unpaired) electrons. The smallest absolute Gasteiger partial charge is 0.228 e. The molecule has 1 atom stereocenters. The van der Waals surface area contributed by atoms with Crippen LogP contribution in [0, 0.1) is 6.92 Å². The molecule has 0 bridgehead atoms. The molecule has 1 saturated heterocycles. The number of aryl methyl sites for hydroxylation is 2. The molecule has 3 rings (SSSR count). The minimum atomic E-state index is 0.329. The van der Waals surface area contributed by atoms with Crippen molar-refractivity contribution in [2.24, 2.45) is 7.05 Å². The molecule has 1 aliphatic rings. The van der Waals surface area contributed by atoms with Gasteiger partial charge in [-0.25, -0.2) is 4.98 Å². The minimum Gasteiger partial charge on any atom is -0.363 e. The van der Waals surface area contributed by atoms with Crippen LogP contribution < -0.4 is 9.80 Å². The zero-order valence-electron chi connectivity index (χ0n) is 13.1. The zero-order chi connectivity index (χ0) is 15.0. The van der Waals surface area contributed by atoms with E-state index in [4.69, 9.17) is 4.98 Å². The van der Waals surface area contributed by atoms with E-state index in [9.17, 15) is 0 Å². The molecule has 3 heterocycles. The van der Waals surface area contributed by atoms with Crippen LogP contribution in [-0.4, -0.2) is 40.4 Å². The van der Waals surface area contributed by atoms with Crippen LogP contribution in [0.25, 0.3) is 0 Å². The second kappa shape index (κ2) is 5.35. The quantitative estimate of drug-likeness (QED) is 0.863. The van der Waals surface area contributed by atoms with Crippen molar-refractivity contribution < 1.29 is 0 Å². The maximum Gasteiger partial charge on any atom is 0.228 e. The lowest BCUT2D eigenvalue weighted by Gasteiger charge is -2.25. The fourth-order valence-corrected chi connectivity index (χ4v) is 2.86. The SMILES string of the molecule is Cc1cc(N(C)C)nc(N2CCC[C@H]2c2cnn(C)c2)n1. The van der Waals surface area contributed by atoms with E-state index >= 15 is 0 Å². The topological polar surface area (TPSA) is 50.1 Å². The molecule has 6 heteroatoms. The van der Waals surface area contributed by atoms with Gasteiger partial charge in [-0.15, -0.1) is 0 Å². The Morgan fingerprint density at radius 1 is 1.29 bits per heavy atom. The molecule has 0 unspecified atom stereocenters. The second-order valence-electron chi connectivity index (χ2n) is 5.86. The summed E-state index contributed by atoms with van der Waals surface area (Å²) in [6.45, 7) is 3.02. The Morgan fingerprint density at radius 3 is 2.76 bits per heavy atom. The van der Waals surface area contributed by atoms with Crippen molar-refractivity contribution in [1.82, 2.24) is 19.7 Å². The van der Waals surface area contributed by atoms with Crippen molar-refractivity contribution >= 4 is 11.8 Å². The van der Waals surface area contributed by atoms with Gasteiger partial charge in [-0.1, -0.05) is 0 Å². The molecule has 0 aromatic carbocycles. The lowest BCUT2D eigenvalue weighted by Crippen LogP contribution is -2.25. The Bertz CT molecular complexity index is 633. The highest BCUT2D eigenvalue weighted by Crippen LogP contribution is 2.34. The Kier molecular flexibility index (Phi) is 3.53.